The van der Waals surface area contributed by atoms with Gasteiger partial charge in [0, 0.05) is 29.7 Å². The number of aromatic amines is 1. The van der Waals surface area contributed by atoms with Crippen molar-refractivity contribution in [3.63, 3.8) is 0 Å². The zero-order valence-electron chi connectivity index (χ0n) is 21.9. The predicted molar refractivity (Wildman–Crippen MR) is 151 cm³/mol. The van der Waals surface area contributed by atoms with Crippen LogP contribution in [0.1, 0.15) is 18.2 Å². The van der Waals surface area contributed by atoms with Crippen LogP contribution < -0.4 is 15.0 Å². The first-order valence-electron chi connectivity index (χ1n) is 12.5. The molecule has 0 amide bonds. The number of methoxy groups -OCH3 is 1. The molecule has 0 saturated carbocycles. The first-order chi connectivity index (χ1) is 18.8. The van der Waals surface area contributed by atoms with Crippen molar-refractivity contribution in [1.29, 1.82) is 0 Å². The lowest BCUT2D eigenvalue weighted by atomic mass is 10.2. The number of morpholine rings is 1. The minimum Gasteiger partial charge on any atom is -0.490 e. The molecular formula is C27H30N6O4S2. The van der Waals surface area contributed by atoms with Gasteiger partial charge in [0.2, 0.25) is 5.75 Å². The van der Waals surface area contributed by atoms with Crippen LogP contribution in [0.15, 0.2) is 75.6 Å². The van der Waals surface area contributed by atoms with E-state index in [9.17, 15) is 8.42 Å². The molecule has 3 heterocycles. The van der Waals surface area contributed by atoms with E-state index in [1.807, 2.05) is 50.2 Å². The summed E-state index contributed by atoms with van der Waals surface area (Å²) in [6, 6.07) is 17.8. The average molecular weight is 567 g/mol. The van der Waals surface area contributed by atoms with Crippen LogP contribution in [0.3, 0.4) is 0 Å². The van der Waals surface area contributed by atoms with Crippen molar-refractivity contribution in [2.75, 3.05) is 37.0 Å². The van der Waals surface area contributed by atoms with Crippen molar-refractivity contribution in [3.05, 3.63) is 71.9 Å². The maximum absolute atomic E-state index is 12.9. The second-order valence-electron chi connectivity index (χ2n) is 9.22. The van der Waals surface area contributed by atoms with Gasteiger partial charge in [-0.15, -0.1) is 0 Å². The molecule has 1 unspecified atom stereocenters. The molecule has 10 nitrogen and oxygen atoms in total. The molecule has 1 fully saturated rings. The molecule has 2 N–H and O–H groups in total. The highest BCUT2D eigenvalue weighted by atomic mass is 32.2. The van der Waals surface area contributed by atoms with Crippen LogP contribution >= 0.6 is 11.8 Å². The fourth-order valence-corrected chi connectivity index (χ4v) is 6.36. The molecule has 1 aliphatic rings. The molecule has 1 aliphatic heterocycles. The van der Waals surface area contributed by atoms with E-state index in [1.54, 1.807) is 31.4 Å². The van der Waals surface area contributed by atoms with E-state index in [2.05, 4.69) is 20.4 Å². The number of anilines is 3. The first-order valence-corrected chi connectivity index (χ1v) is 14.9. The topological polar surface area (TPSA) is 122 Å². The fraction of sp³-hybridized carbons (Fsp3) is 0.296. The van der Waals surface area contributed by atoms with Crippen LogP contribution in [-0.4, -0.2) is 61.5 Å². The summed E-state index contributed by atoms with van der Waals surface area (Å²) in [7, 11) is -1.88. The minimum absolute atomic E-state index is 0.0466. The third-order valence-corrected chi connectivity index (χ3v) is 8.69. The van der Waals surface area contributed by atoms with Crippen molar-refractivity contribution in [3.8, 4) is 5.75 Å². The Hall–Kier alpha value is -3.61. The second-order valence-corrected chi connectivity index (χ2v) is 12.2. The van der Waals surface area contributed by atoms with Crippen LogP contribution in [0.25, 0.3) is 0 Å². The summed E-state index contributed by atoms with van der Waals surface area (Å²) >= 11 is 1.34. The second kappa shape index (κ2) is 11.6. The van der Waals surface area contributed by atoms with E-state index in [0.717, 1.165) is 16.2 Å². The van der Waals surface area contributed by atoms with Gasteiger partial charge in [0.25, 0.3) is 0 Å². The standard InChI is InChI=1S/C27H30N6O4S2/c1-18-15-23(32-31-18)28-25-24(36-3)26(33-13-14-37-19(2)16-33)30-27(29-25)38-21-9-11-22(12-10-21)39(34,35)17-20-7-5-4-6-8-20/h4-12,15,19H,13-14,16-17H2,1-3H3,(H2,28,29,30,31,32). The average Bonchev–Trinajstić information content (AvgIpc) is 3.33. The van der Waals surface area contributed by atoms with Crippen molar-refractivity contribution in [1.82, 2.24) is 20.2 Å². The molecule has 1 atom stereocenters. The van der Waals surface area contributed by atoms with Gasteiger partial charge >= 0.3 is 0 Å². The number of aryl methyl sites for hydroxylation is 1. The number of ether oxygens (including phenoxy) is 2. The normalized spacial score (nSPS) is 15.8. The third-order valence-electron chi connectivity index (χ3n) is 6.12. The molecule has 39 heavy (non-hydrogen) atoms. The zero-order chi connectivity index (χ0) is 27.4. The Labute approximate surface area is 232 Å². The number of rotatable bonds is 9. The molecule has 1 saturated heterocycles. The van der Waals surface area contributed by atoms with E-state index < -0.39 is 9.84 Å². The third kappa shape index (κ3) is 6.52. The Morgan fingerprint density at radius 2 is 1.92 bits per heavy atom. The Balaban J connectivity index is 1.43. The molecule has 4 aromatic rings. The lowest BCUT2D eigenvalue weighted by Crippen LogP contribution is -2.41. The Bertz CT molecular complexity index is 1530. The molecule has 0 aliphatic carbocycles. The number of nitrogens with one attached hydrogen (secondary N) is 2. The quantitative estimate of drug-likeness (QED) is 0.278. The number of sulfone groups is 1. The minimum atomic E-state index is -3.47. The molecule has 0 bridgehead atoms. The van der Waals surface area contributed by atoms with Crippen LogP contribution in [0.2, 0.25) is 0 Å². The van der Waals surface area contributed by atoms with Gasteiger partial charge in [0.1, 0.15) is 0 Å². The van der Waals surface area contributed by atoms with Crippen molar-refractivity contribution < 1.29 is 17.9 Å². The molecule has 204 valence electrons. The highest BCUT2D eigenvalue weighted by molar-refractivity contribution is 7.99. The number of nitrogens with zero attached hydrogens (tertiary/aromatic N) is 4. The number of aromatic nitrogens is 4. The smallest absolute Gasteiger partial charge is 0.204 e. The Morgan fingerprint density at radius 1 is 1.15 bits per heavy atom. The summed E-state index contributed by atoms with van der Waals surface area (Å²) in [5, 5.41) is 10.9. The molecule has 0 radical (unpaired) electrons. The van der Waals surface area contributed by atoms with Crippen LogP contribution in [-0.2, 0) is 20.3 Å². The van der Waals surface area contributed by atoms with Gasteiger partial charge in [0.15, 0.2) is 32.4 Å². The van der Waals surface area contributed by atoms with E-state index >= 15 is 0 Å². The summed E-state index contributed by atoms with van der Waals surface area (Å²) in [4.78, 5) is 12.8. The van der Waals surface area contributed by atoms with Gasteiger partial charge in [0.05, 0.1) is 30.5 Å². The Morgan fingerprint density at radius 3 is 2.59 bits per heavy atom. The van der Waals surface area contributed by atoms with Gasteiger partial charge in [-0.1, -0.05) is 30.3 Å². The van der Waals surface area contributed by atoms with Crippen molar-refractivity contribution >= 4 is 39.1 Å². The fourth-order valence-electron chi connectivity index (χ4n) is 4.26. The zero-order valence-corrected chi connectivity index (χ0v) is 23.6. The molecule has 2 aromatic heterocycles. The van der Waals surface area contributed by atoms with Crippen LogP contribution in [0.4, 0.5) is 17.5 Å². The van der Waals surface area contributed by atoms with E-state index in [1.165, 1.54) is 11.8 Å². The van der Waals surface area contributed by atoms with E-state index in [-0.39, 0.29) is 16.8 Å². The Kier molecular flexibility index (Phi) is 8.05. The van der Waals surface area contributed by atoms with Gasteiger partial charge in [-0.25, -0.2) is 18.4 Å². The van der Waals surface area contributed by atoms with E-state index in [4.69, 9.17) is 19.4 Å². The lowest BCUT2D eigenvalue weighted by Gasteiger charge is -2.33. The number of benzene rings is 2. The van der Waals surface area contributed by atoms with Crippen LogP contribution in [0.5, 0.6) is 5.75 Å². The molecule has 5 rings (SSSR count). The van der Waals surface area contributed by atoms with Gasteiger partial charge in [-0.05, 0) is 55.4 Å². The monoisotopic (exact) mass is 566 g/mol. The summed E-state index contributed by atoms with van der Waals surface area (Å²) in [5.74, 6) is 2.20. The van der Waals surface area contributed by atoms with Crippen LogP contribution in [0, 0.1) is 6.92 Å². The summed E-state index contributed by atoms with van der Waals surface area (Å²) < 4.78 is 37.4. The largest absolute Gasteiger partial charge is 0.490 e. The molecule has 2 aromatic carbocycles. The van der Waals surface area contributed by atoms with Gasteiger partial charge in [-0.3, -0.25) is 5.10 Å². The molecular weight excluding hydrogens is 536 g/mol. The van der Waals surface area contributed by atoms with Gasteiger partial charge < -0.3 is 19.7 Å². The molecule has 12 heteroatoms. The number of hydrogen-bond acceptors (Lipinski definition) is 10. The van der Waals surface area contributed by atoms with E-state index in [0.29, 0.717) is 48.1 Å². The number of H-pyrrole nitrogens is 1. The predicted octanol–water partition coefficient (Wildman–Crippen LogP) is 4.61. The highest BCUT2D eigenvalue weighted by Gasteiger charge is 2.26. The summed E-state index contributed by atoms with van der Waals surface area (Å²) in [6.07, 6.45) is 0.0466. The highest BCUT2D eigenvalue weighted by Crippen LogP contribution is 2.38. The summed E-state index contributed by atoms with van der Waals surface area (Å²) in [5.41, 5.74) is 1.66. The molecule has 0 spiro atoms. The first kappa shape index (κ1) is 27.0. The summed E-state index contributed by atoms with van der Waals surface area (Å²) in [6.45, 7) is 5.84. The van der Waals surface area contributed by atoms with Gasteiger partial charge in [-0.2, -0.15) is 5.10 Å². The van der Waals surface area contributed by atoms with Crippen molar-refractivity contribution in [2.24, 2.45) is 0 Å². The SMILES string of the molecule is COc1c(Nc2cc(C)[nH]n2)nc(Sc2ccc(S(=O)(=O)Cc3ccccc3)cc2)nc1N1CCOC(C)C1. The number of hydrogen-bond donors (Lipinski definition) is 2. The maximum Gasteiger partial charge on any atom is 0.204 e. The maximum atomic E-state index is 12.9. The lowest BCUT2D eigenvalue weighted by molar-refractivity contribution is 0.0527. The van der Waals surface area contributed by atoms with Crippen molar-refractivity contribution in [2.45, 2.75) is 40.7 Å².